The third-order valence-electron chi connectivity index (χ3n) is 7.42. The van der Waals surface area contributed by atoms with Gasteiger partial charge in [0, 0.05) is 29.9 Å². The molecule has 0 spiro atoms. The van der Waals surface area contributed by atoms with Crippen molar-refractivity contribution in [2.45, 2.75) is 32.3 Å². The Morgan fingerprint density at radius 3 is 2.50 bits per heavy atom. The van der Waals surface area contributed by atoms with Gasteiger partial charge in [0.15, 0.2) is 0 Å². The summed E-state index contributed by atoms with van der Waals surface area (Å²) in [4.78, 5) is 50.3. The van der Waals surface area contributed by atoms with E-state index in [1.165, 1.54) is 16.3 Å². The summed E-state index contributed by atoms with van der Waals surface area (Å²) in [7, 11) is 0. The highest BCUT2D eigenvalue weighted by Gasteiger charge is 2.32. The maximum Gasteiger partial charge on any atom is 0.506 e. The second-order valence-electron chi connectivity index (χ2n) is 10.1. The molecule has 10 nitrogen and oxygen atoms in total. The van der Waals surface area contributed by atoms with E-state index in [1.807, 2.05) is 19.1 Å². The molecule has 1 aliphatic carbocycles. The summed E-state index contributed by atoms with van der Waals surface area (Å²) < 4.78 is 6.10. The molecule has 40 heavy (non-hydrogen) atoms. The Kier molecular flexibility index (Phi) is 6.30. The summed E-state index contributed by atoms with van der Waals surface area (Å²) in [5.74, 6) is 0.194. The Morgan fingerprint density at radius 1 is 1.05 bits per heavy atom. The number of carboxylic acid groups (broad SMARTS) is 1. The van der Waals surface area contributed by atoms with Crippen molar-refractivity contribution in [3.05, 3.63) is 115 Å². The molecule has 4 aromatic rings. The standard InChI is InChI=1S/C30H27N5O5/c1-3-18-5-9-23-20(13-18)7-6-19-12-17(2)4-8-22(19)26(23)24-16-35(29(37)33-27(24)36)25-10-11-31-28(32-25)34-14-21(15-34)40-30(38)39/h4-13,16,21,26H,3,14-15H2,1-2H3,(H,38,39)(H,33,36,37). The second-order valence-corrected chi connectivity index (χ2v) is 10.1. The first kappa shape index (κ1) is 25.3. The van der Waals surface area contributed by atoms with Crippen molar-refractivity contribution in [1.82, 2.24) is 19.5 Å². The van der Waals surface area contributed by atoms with Crippen molar-refractivity contribution in [3.63, 3.8) is 0 Å². The van der Waals surface area contributed by atoms with E-state index in [-0.39, 0.29) is 5.82 Å². The van der Waals surface area contributed by atoms with Crippen LogP contribution in [-0.2, 0) is 11.2 Å². The van der Waals surface area contributed by atoms with Gasteiger partial charge in [-0.25, -0.2) is 14.6 Å². The van der Waals surface area contributed by atoms with Gasteiger partial charge in [-0.2, -0.15) is 4.98 Å². The van der Waals surface area contributed by atoms with Gasteiger partial charge < -0.3 is 14.7 Å². The van der Waals surface area contributed by atoms with Crippen LogP contribution in [-0.4, -0.2) is 50.0 Å². The molecule has 0 saturated carbocycles. The Hall–Kier alpha value is -4.99. The first-order valence-electron chi connectivity index (χ1n) is 13.1. The Morgan fingerprint density at radius 2 is 1.77 bits per heavy atom. The minimum Gasteiger partial charge on any atom is -0.450 e. The van der Waals surface area contributed by atoms with Crippen molar-refractivity contribution in [2.75, 3.05) is 18.0 Å². The quantitative estimate of drug-likeness (QED) is 0.324. The molecule has 1 fully saturated rings. The van der Waals surface area contributed by atoms with E-state index in [1.54, 1.807) is 17.2 Å². The van der Waals surface area contributed by atoms with Crippen molar-refractivity contribution in [2.24, 2.45) is 0 Å². The predicted octanol–water partition coefficient (Wildman–Crippen LogP) is 3.73. The van der Waals surface area contributed by atoms with E-state index in [9.17, 15) is 14.4 Å². The molecule has 1 atom stereocenters. The van der Waals surface area contributed by atoms with Gasteiger partial charge in [0.05, 0.1) is 13.1 Å². The number of aromatic nitrogens is 4. The van der Waals surface area contributed by atoms with Crippen molar-refractivity contribution >= 4 is 24.3 Å². The highest BCUT2D eigenvalue weighted by Crippen LogP contribution is 2.38. The molecule has 1 aliphatic heterocycles. The number of carbonyl (C=O) groups is 1. The molecule has 3 heterocycles. The molecule has 6 rings (SSSR count). The summed E-state index contributed by atoms with van der Waals surface area (Å²) in [5, 5.41) is 8.82. The molecule has 10 heteroatoms. The lowest BCUT2D eigenvalue weighted by Gasteiger charge is -2.37. The smallest absolute Gasteiger partial charge is 0.450 e. The third kappa shape index (κ3) is 4.57. The summed E-state index contributed by atoms with van der Waals surface area (Å²) in [5.41, 5.74) is 5.61. The van der Waals surface area contributed by atoms with Crippen LogP contribution in [0.2, 0.25) is 0 Å². The largest absolute Gasteiger partial charge is 0.506 e. The average molecular weight is 538 g/mol. The summed E-state index contributed by atoms with van der Waals surface area (Å²) in [6.45, 7) is 4.75. The normalized spacial score (nSPS) is 16.1. The van der Waals surface area contributed by atoms with Gasteiger partial charge in [-0.1, -0.05) is 61.0 Å². The van der Waals surface area contributed by atoms with Gasteiger partial charge in [0.25, 0.3) is 5.56 Å². The van der Waals surface area contributed by atoms with Gasteiger partial charge in [0.2, 0.25) is 5.95 Å². The fraction of sp³-hybridized carbons (Fsp3) is 0.233. The third-order valence-corrected chi connectivity index (χ3v) is 7.42. The summed E-state index contributed by atoms with van der Waals surface area (Å²) in [6.07, 6.45) is 6.35. The zero-order valence-corrected chi connectivity index (χ0v) is 22.0. The number of aryl methyl sites for hydroxylation is 2. The van der Waals surface area contributed by atoms with E-state index in [4.69, 9.17) is 9.84 Å². The van der Waals surface area contributed by atoms with Crippen LogP contribution in [0.25, 0.3) is 18.0 Å². The number of rotatable bonds is 5. The monoisotopic (exact) mass is 537 g/mol. The van der Waals surface area contributed by atoms with Crippen LogP contribution in [0.1, 0.15) is 51.8 Å². The summed E-state index contributed by atoms with van der Waals surface area (Å²) in [6, 6.07) is 14.0. The molecular weight excluding hydrogens is 510 g/mol. The number of hydrogen-bond donors (Lipinski definition) is 2. The second kappa shape index (κ2) is 9.96. The average Bonchev–Trinajstić information content (AvgIpc) is 3.06. The minimum absolute atomic E-state index is 0.285. The van der Waals surface area contributed by atoms with E-state index in [0.29, 0.717) is 24.6 Å². The Bertz CT molecular complexity index is 1780. The predicted molar refractivity (Wildman–Crippen MR) is 150 cm³/mol. The highest BCUT2D eigenvalue weighted by atomic mass is 16.7. The van der Waals surface area contributed by atoms with E-state index < -0.39 is 29.4 Å². The Balaban J connectivity index is 1.46. The van der Waals surface area contributed by atoms with Crippen LogP contribution in [0, 0.1) is 6.92 Å². The molecular formula is C30H27N5O5. The zero-order valence-electron chi connectivity index (χ0n) is 22.0. The molecule has 202 valence electrons. The number of fused-ring (bicyclic) bond motifs is 2. The number of ether oxygens (including phenoxy) is 1. The number of aromatic amines is 1. The van der Waals surface area contributed by atoms with Crippen LogP contribution in [0.5, 0.6) is 0 Å². The molecule has 2 N–H and O–H groups in total. The van der Waals surface area contributed by atoms with Crippen LogP contribution in [0.3, 0.4) is 0 Å². The van der Waals surface area contributed by atoms with Crippen LogP contribution in [0.4, 0.5) is 10.7 Å². The highest BCUT2D eigenvalue weighted by molar-refractivity contribution is 5.78. The van der Waals surface area contributed by atoms with Crippen molar-refractivity contribution < 1.29 is 14.6 Å². The molecule has 0 amide bonds. The fourth-order valence-electron chi connectivity index (χ4n) is 5.34. The first-order chi connectivity index (χ1) is 19.3. The maximum atomic E-state index is 13.4. The van der Waals surface area contributed by atoms with Crippen LogP contribution >= 0.6 is 0 Å². The SMILES string of the molecule is CCc1ccc2c(c1)C=Cc1cc(C)ccc1C2c1cn(-c2ccnc(N3CC(OC(=O)O)C3)n2)c(=O)[nH]c1=O. The number of nitrogens with zero attached hydrogens (tertiary/aromatic N) is 4. The number of H-pyrrole nitrogens is 1. The van der Waals surface area contributed by atoms with Gasteiger partial charge >= 0.3 is 11.8 Å². The van der Waals surface area contributed by atoms with Gasteiger partial charge in [-0.15, -0.1) is 0 Å². The van der Waals surface area contributed by atoms with Crippen LogP contribution < -0.4 is 16.1 Å². The lowest BCUT2D eigenvalue weighted by molar-refractivity contribution is 0.0393. The van der Waals surface area contributed by atoms with E-state index in [0.717, 1.165) is 34.2 Å². The molecule has 2 aromatic carbocycles. The minimum atomic E-state index is -1.33. The topological polar surface area (TPSA) is 130 Å². The zero-order chi connectivity index (χ0) is 28.0. The summed E-state index contributed by atoms with van der Waals surface area (Å²) >= 11 is 0. The molecule has 1 saturated heterocycles. The lowest BCUT2D eigenvalue weighted by Crippen LogP contribution is -2.53. The first-order valence-corrected chi connectivity index (χ1v) is 13.1. The fourth-order valence-corrected chi connectivity index (χ4v) is 5.34. The number of benzene rings is 2. The van der Waals surface area contributed by atoms with Gasteiger partial charge in [0.1, 0.15) is 11.9 Å². The maximum absolute atomic E-state index is 13.4. The van der Waals surface area contributed by atoms with Crippen molar-refractivity contribution in [1.29, 1.82) is 0 Å². The van der Waals surface area contributed by atoms with E-state index >= 15 is 0 Å². The van der Waals surface area contributed by atoms with Crippen molar-refractivity contribution in [3.8, 4) is 5.82 Å². The van der Waals surface area contributed by atoms with Crippen LogP contribution in [0.15, 0.2) is 64.4 Å². The molecule has 2 aliphatic rings. The number of nitrogens with one attached hydrogen (secondary N) is 1. The number of hydrogen-bond acceptors (Lipinski definition) is 7. The Labute approximate surface area is 229 Å². The molecule has 0 radical (unpaired) electrons. The van der Waals surface area contributed by atoms with Gasteiger partial charge in [-0.05, 0) is 41.2 Å². The van der Waals surface area contributed by atoms with E-state index in [2.05, 4.69) is 58.3 Å². The lowest BCUT2D eigenvalue weighted by atomic mass is 9.82. The molecule has 2 aromatic heterocycles. The molecule has 1 unspecified atom stereocenters. The number of anilines is 1. The van der Waals surface area contributed by atoms with Gasteiger partial charge in [-0.3, -0.25) is 14.3 Å². The molecule has 0 bridgehead atoms.